The van der Waals surface area contributed by atoms with E-state index in [2.05, 4.69) is 17.1 Å². The van der Waals surface area contributed by atoms with E-state index in [-0.39, 0.29) is 17.7 Å². The normalized spacial score (nSPS) is 29.2. The molecule has 1 aliphatic carbocycles. The Hall–Kier alpha value is -2.17. The fraction of sp³-hybridized carbons (Fsp3) is 0.526. The summed E-state index contributed by atoms with van der Waals surface area (Å²) >= 11 is 0. The summed E-state index contributed by atoms with van der Waals surface area (Å²) in [6.07, 6.45) is 8.73. The van der Waals surface area contributed by atoms with Gasteiger partial charge in [-0.2, -0.15) is 0 Å². The van der Waals surface area contributed by atoms with Crippen LogP contribution < -0.4 is 0 Å². The SMILES string of the molecule is O=C1C[C@H](C(=O)N2C[C@H]3CC=CC[C@H]3C2)CN1Cc1ccccn1. The van der Waals surface area contributed by atoms with Gasteiger partial charge in [-0.3, -0.25) is 14.6 Å². The number of pyridine rings is 1. The summed E-state index contributed by atoms with van der Waals surface area (Å²) < 4.78 is 0. The Balaban J connectivity index is 1.37. The number of fused-ring (bicyclic) bond motifs is 1. The molecular formula is C19H23N3O2. The first-order valence-corrected chi connectivity index (χ1v) is 8.82. The predicted molar refractivity (Wildman–Crippen MR) is 89.7 cm³/mol. The maximum Gasteiger partial charge on any atom is 0.228 e. The van der Waals surface area contributed by atoms with Crippen LogP contribution in [0, 0.1) is 17.8 Å². The van der Waals surface area contributed by atoms with Crippen LogP contribution in [0.1, 0.15) is 25.0 Å². The van der Waals surface area contributed by atoms with Gasteiger partial charge >= 0.3 is 0 Å². The highest BCUT2D eigenvalue weighted by Gasteiger charge is 2.41. The number of likely N-dealkylation sites (tertiary alicyclic amines) is 2. The number of carbonyl (C=O) groups is 2. The van der Waals surface area contributed by atoms with E-state index in [0.29, 0.717) is 31.3 Å². The Morgan fingerprint density at radius 1 is 1.12 bits per heavy atom. The van der Waals surface area contributed by atoms with Crippen molar-refractivity contribution < 1.29 is 9.59 Å². The van der Waals surface area contributed by atoms with Crippen molar-refractivity contribution in [2.24, 2.45) is 17.8 Å². The summed E-state index contributed by atoms with van der Waals surface area (Å²) in [6.45, 7) is 2.74. The lowest BCUT2D eigenvalue weighted by Crippen LogP contribution is -2.36. The molecule has 0 radical (unpaired) electrons. The van der Waals surface area contributed by atoms with Gasteiger partial charge in [0.15, 0.2) is 0 Å². The van der Waals surface area contributed by atoms with Gasteiger partial charge in [-0.1, -0.05) is 18.2 Å². The van der Waals surface area contributed by atoms with Crippen molar-refractivity contribution in [3.8, 4) is 0 Å². The van der Waals surface area contributed by atoms with Gasteiger partial charge in [0.1, 0.15) is 0 Å². The average Bonchev–Trinajstić information content (AvgIpc) is 3.19. The minimum absolute atomic E-state index is 0.0669. The van der Waals surface area contributed by atoms with Crippen LogP contribution in [-0.4, -0.2) is 46.2 Å². The fourth-order valence-corrected chi connectivity index (χ4v) is 4.23. The van der Waals surface area contributed by atoms with Gasteiger partial charge in [-0.15, -0.1) is 0 Å². The molecule has 3 aliphatic rings. The van der Waals surface area contributed by atoms with Crippen LogP contribution in [0.25, 0.3) is 0 Å². The molecule has 0 spiro atoms. The van der Waals surface area contributed by atoms with E-state index in [1.807, 2.05) is 23.1 Å². The second-order valence-electron chi connectivity index (χ2n) is 7.20. The van der Waals surface area contributed by atoms with Crippen LogP contribution in [0.4, 0.5) is 0 Å². The van der Waals surface area contributed by atoms with Gasteiger partial charge in [-0.05, 0) is 36.8 Å². The third-order valence-electron chi connectivity index (χ3n) is 5.58. The quantitative estimate of drug-likeness (QED) is 0.797. The van der Waals surface area contributed by atoms with E-state index in [0.717, 1.165) is 31.6 Å². The van der Waals surface area contributed by atoms with Crippen molar-refractivity contribution >= 4 is 11.8 Å². The molecule has 0 unspecified atom stereocenters. The van der Waals surface area contributed by atoms with Crippen LogP contribution >= 0.6 is 0 Å². The van der Waals surface area contributed by atoms with Gasteiger partial charge < -0.3 is 9.80 Å². The van der Waals surface area contributed by atoms with Crippen molar-refractivity contribution in [1.82, 2.24) is 14.8 Å². The lowest BCUT2D eigenvalue weighted by molar-refractivity contribution is -0.135. The molecule has 2 aliphatic heterocycles. The second kappa shape index (κ2) is 6.38. The fourth-order valence-electron chi connectivity index (χ4n) is 4.23. The molecule has 1 aromatic rings. The maximum atomic E-state index is 12.8. The standard InChI is InChI=1S/C19H23N3O2/c23-18-9-16(12-21(18)13-17-7-3-4-8-20-17)19(24)22-10-14-5-1-2-6-15(14)11-22/h1-4,7-8,14-16H,5-6,9-13H2/t14-,15+,16-/m0/s1. The number of aromatic nitrogens is 1. The molecule has 2 amide bonds. The van der Waals surface area contributed by atoms with Gasteiger partial charge in [0.2, 0.25) is 11.8 Å². The smallest absolute Gasteiger partial charge is 0.228 e. The molecule has 3 heterocycles. The first-order chi connectivity index (χ1) is 11.7. The first kappa shape index (κ1) is 15.4. The predicted octanol–water partition coefficient (Wildman–Crippen LogP) is 1.85. The van der Waals surface area contributed by atoms with E-state index in [4.69, 9.17) is 0 Å². The number of amides is 2. The minimum atomic E-state index is -0.186. The highest BCUT2D eigenvalue weighted by Crippen LogP contribution is 2.34. The van der Waals surface area contributed by atoms with Crippen molar-refractivity contribution in [3.63, 3.8) is 0 Å². The van der Waals surface area contributed by atoms with Gasteiger partial charge in [0, 0.05) is 32.3 Å². The molecule has 1 aromatic heterocycles. The van der Waals surface area contributed by atoms with Crippen molar-refractivity contribution in [2.75, 3.05) is 19.6 Å². The zero-order chi connectivity index (χ0) is 16.5. The lowest BCUT2D eigenvalue weighted by Gasteiger charge is -2.21. The molecule has 0 bridgehead atoms. The number of allylic oxidation sites excluding steroid dienone is 2. The number of rotatable bonds is 3. The topological polar surface area (TPSA) is 53.5 Å². The average molecular weight is 325 g/mol. The molecular weight excluding hydrogens is 302 g/mol. The Bertz CT molecular complexity index is 642. The van der Waals surface area contributed by atoms with Crippen molar-refractivity contribution in [2.45, 2.75) is 25.8 Å². The molecule has 24 heavy (non-hydrogen) atoms. The summed E-state index contributed by atoms with van der Waals surface area (Å²) in [5.41, 5.74) is 0.872. The third kappa shape index (κ3) is 2.95. The summed E-state index contributed by atoms with van der Waals surface area (Å²) in [7, 11) is 0. The second-order valence-corrected chi connectivity index (χ2v) is 7.20. The van der Waals surface area contributed by atoms with Gasteiger partial charge in [-0.25, -0.2) is 0 Å². The monoisotopic (exact) mass is 325 g/mol. The number of nitrogens with zero attached hydrogens (tertiary/aromatic N) is 3. The van der Waals surface area contributed by atoms with Crippen LogP contribution in [0.15, 0.2) is 36.5 Å². The number of hydrogen-bond acceptors (Lipinski definition) is 3. The summed E-state index contributed by atoms with van der Waals surface area (Å²) in [5.74, 6) is 1.27. The third-order valence-corrected chi connectivity index (χ3v) is 5.58. The Morgan fingerprint density at radius 2 is 1.88 bits per heavy atom. The van der Waals surface area contributed by atoms with E-state index < -0.39 is 0 Å². The molecule has 5 heteroatoms. The van der Waals surface area contributed by atoms with E-state index in [1.165, 1.54) is 0 Å². The zero-order valence-corrected chi connectivity index (χ0v) is 13.8. The molecule has 0 saturated carbocycles. The highest BCUT2D eigenvalue weighted by molar-refractivity contribution is 5.89. The molecule has 0 N–H and O–H groups in total. The molecule has 2 fully saturated rings. The van der Waals surface area contributed by atoms with E-state index in [9.17, 15) is 9.59 Å². The molecule has 4 rings (SSSR count). The molecule has 126 valence electrons. The number of carbonyl (C=O) groups excluding carboxylic acids is 2. The molecule has 5 nitrogen and oxygen atoms in total. The van der Waals surface area contributed by atoms with Gasteiger partial charge in [0.25, 0.3) is 0 Å². The first-order valence-electron chi connectivity index (χ1n) is 8.82. The Kier molecular flexibility index (Phi) is 4.08. The lowest BCUT2D eigenvalue weighted by atomic mass is 9.86. The Labute approximate surface area is 142 Å². The van der Waals surface area contributed by atoms with Crippen LogP contribution in [0.3, 0.4) is 0 Å². The maximum absolute atomic E-state index is 12.8. The highest BCUT2D eigenvalue weighted by atomic mass is 16.2. The minimum Gasteiger partial charge on any atom is -0.342 e. The molecule has 3 atom stereocenters. The van der Waals surface area contributed by atoms with E-state index in [1.54, 1.807) is 11.1 Å². The zero-order valence-electron chi connectivity index (χ0n) is 13.8. The number of hydrogen-bond donors (Lipinski definition) is 0. The van der Waals surface area contributed by atoms with Crippen LogP contribution in [0.5, 0.6) is 0 Å². The van der Waals surface area contributed by atoms with Crippen LogP contribution in [-0.2, 0) is 16.1 Å². The van der Waals surface area contributed by atoms with E-state index >= 15 is 0 Å². The van der Waals surface area contributed by atoms with Crippen molar-refractivity contribution in [3.05, 3.63) is 42.2 Å². The van der Waals surface area contributed by atoms with Crippen molar-refractivity contribution in [1.29, 1.82) is 0 Å². The largest absolute Gasteiger partial charge is 0.342 e. The summed E-state index contributed by atoms with van der Waals surface area (Å²) in [6, 6.07) is 5.70. The Morgan fingerprint density at radius 3 is 2.54 bits per heavy atom. The summed E-state index contributed by atoms with van der Waals surface area (Å²) in [4.78, 5) is 33.2. The summed E-state index contributed by atoms with van der Waals surface area (Å²) in [5, 5.41) is 0. The van der Waals surface area contributed by atoms with Gasteiger partial charge in [0.05, 0.1) is 18.2 Å². The van der Waals surface area contributed by atoms with Crippen LogP contribution in [0.2, 0.25) is 0 Å². The molecule has 0 aromatic carbocycles. The molecule has 2 saturated heterocycles.